The van der Waals surface area contributed by atoms with E-state index in [1.165, 1.54) is 6.20 Å². The Balaban J connectivity index is 1.68. The van der Waals surface area contributed by atoms with Crippen LogP contribution in [0.25, 0.3) is 0 Å². The quantitative estimate of drug-likeness (QED) is 0.512. The molecule has 0 saturated carbocycles. The summed E-state index contributed by atoms with van der Waals surface area (Å²) >= 11 is 0. The van der Waals surface area contributed by atoms with E-state index in [1.54, 1.807) is 6.07 Å². The number of aromatic nitrogens is 2. The van der Waals surface area contributed by atoms with Gasteiger partial charge in [0.2, 0.25) is 0 Å². The van der Waals surface area contributed by atoms with Gasteiger partial charge in [-0.2, -0.15) is 4.98 Å². The molecule has 0 aliphatic carbocycles. The predicted octanol–water partition coefficient (Wildman–Crippen LogP) is -1.55. The van der Waals surface area contributed by atoms with Crippen LogP contribution < -0.4 is 11.0 Å². The summed E-state index contributed by atoms with van der Waals surface area (Å²) in [6, 6.07) is 1.59. The van der Waals surface area contributed by atoms with Crippen LogP contribution in [-0.4, -0.2) is 69.0 Å². The summed E-state index contributed by atoms with van der Waals surface area (Å²) in [6.07, 6.45) is -0.993. The van der Waals surface area contributed by atoms with E-state index in [1.807, 2.05) is 0 Å². The van der Waals surface area contributed by atoms with Crippen molar-refractivity contribution in [2.24, 2.45) is 0 Å². The second-order valence-electron chi connectivity index (χ2n) is 5.75. The van der Waals surface area contributed by atoms with Crippen LogP contribution in [-0.2, 0) is 9.47 Å². The molecular weight excluding hydrogens is 306 g/mol. The highest BCUT2D eigenvalue weighted by Crippen LogP contribution is 2.28. The summed E-state index contributed by atoms with van der Waals surface area (Å²) in [5, 5.41) is 31.8. The van der Waals surface area contributed by atoms with E-state index >= 15 is 0 Å². The van der Waals surface area contributed by atoms with Gasteiger partial charge >= 0.3 is 5.69 Å². The van der Waals surface area contributed by atoms with Gasteiger partial charge in [-0.05, 0) is 18.9 Å². The number of ether oxygens (including phenoxy) is 2. The number of hydrogen-bond acceptors (Lipinski definition) is 8. The van der Waals surface area contributed by atoms with Crippen molar-refractivity contribution in [1.82, 2.24) is 9.55 Å². The Morgan fingerprint density at radius 1 is 1.39 bits per heavy atom. The Morgan fingerprint density at radius 3 is 2.83 bits per heavy atom. The third-order valence-corrected chi connectivity index (χ3v) is 4.16. The van der Waals surface area contributed by atoms with E-state index in [0.717, 1.165) is 24.0 Å². The molecule has 1 aromatic rings. The van der Waals surface area contributed by atoms with E-state index in [4.69, 9.17) is 14.6 Å². The van der Waals surface area contributed by atoms with E-state index < -0.39 is 36.8 Å². The number of aliphatic hydroxyl groups excluding tert-OH is 3. The van der Waals surface area contributed by atoms with E-state index in [-0.39, 0.29) is 6.10 Å². The van der Waals surface area contributed by atoms with Gasteiger partial charge in [-0.25, -0.2) is 4.79 Å². The molecule has 4 N–H and O–H groups in total. The largest absolute Gasteiger partial charge is 0.394 e. The average Bonchev–Trinajstić information content (AvgIpc) is 3.16. The van der Waals surface area contributed by atoms with Gasteiger partial charge in [-0.1, -0.05) is 0 Å². The van der Waals surface area contributed by atoms with Crippen molar-refractivity contribution in [3.63, 3.8) is 0 Å². The number of anilines is 1. The summed E-state index contributed by atoms with van der Waals surface area (Å²) in [5.74, 6) is 0.411. The lowest BCUT2D eigenvalue weighted by Gasteiger charge is -2.17. The minimum atomic E-state index is -1.31. The lowest BCUT2D eigenvalue weighted by atomic mass is 10.1. The number of hydrogen-bond donors (Lipinski definition) is 4. The van der Waals surface area contributed by atoms with Crippen LogP contribution in [0.1, 0.15) is 19.1 Å². The van der Waals surface area contributed by atoms with Crippen molar-refractivity contribution in [1.29, 1.82) is 0 Å². The smallest absolute Gasteiger partial charge is 0.351 e. The van der Waals surface area contributed by atoms with Crippen molar-refractivity contribution in [3.8, 4) is 0 Å². The average molecular weight is 327 g/mol. The highest BCUT2D eigenvalue weighted by molar-refractivity contribution is 5.32. The number of nitrogens with zero attached hydrogens (tertiary/aromatic N) is 2. The molecule has 2 aliphatic heterocycles. The molecule has 128 valence electrons. The van der Waals surface area contributed by atoms with Crippen molar-refractivity contribution in [3.05, 3.63) is 22.7 Å². The summed E-state index contributed by atoms with van der Waals surface area (Å²) in [4.78, 5) is 16.0. The first-order chi connectivity index (χ1) is 11.1. The molecule has 0 radical (unpaired) electrons. The Labute approximate surface area is 132 Å². The fourth-order valence-electron chi connectivity index (χ4n) is 2.84. The standard InChI is InChI=1S/C14H21N3O6/c18-7-9-11(19)12(20)13(23-9)17-4-3-10(16-14(17)21)15-6-8-2-1-5-22-8/h3-4,8-9,11-13,18-20H,1-2,5-7H2,(H,15,16,21)/t8-,9-,11+,12+,13-/m0/s1. The molecule has 3 rings (SSSR count). The Kier molecular flexibility index (Phi) is 4.93. The molecule has 0 spiro atoms. The van der Waals surface area contributed by atoms with Gasteiger partial charge in [0.25, 0.3) is 0 Å². The molecular formula is C14H21N3O6. The predicted molar refractivity (Wildman–Crippen MR) is 79.0 cm³/mol. The van der Waals surface area contributed by atoms with Crippen molar-refractivity contribution < 1.29 is 24.8 Å². The van der Waals surface area contributed by atoms with Crippen molar-refractivity contribution in [2.45, 2.75) is 43.5 Å². The molecule has 1 aromatic heterocycles. The number of rotatable bonds is 5. The number of aliphatic hydroxyl groups is 3. The Bertz CT molecular complexity index is 588. The monoisotopic (exact) mass is 327 g/mol. The summed E-state index contributed by atoms with van der Waals surface area (Å²) in [6.45, 7) is 0.884. The van der Waals surface area contributed by atoms with E-state index in [2.05, 4.69) is 10.3 Å². The maximum absolute atomic E-state index is 12.1. The van der Waals surface area contributed by atoms with Gasteiger partial charge in [0.15, 0.2) is 6.23 Å². The zero-order chi connectivity index (χ0) is 16.4. The van der Waals surface area contributed by atoms with Gasteiger partial charge in [0, 0.05) is 19.3 Å². The molecule has 9 nitrogen and oxygen atoms in total. The van der Waals surface area contributed by atoms with Crippen LogP contribution in [0, 0.1) is 0 Å². The van der Waals surface area contributed by atoms with Crippen LogP contribution in [0.4, 0.5) is 5.82 Å². The minimum Gasteiger partial charge on any atom is -0.394 e. The lowest BCUT2D eigenvalue weighted by molar-refractivity contribution is -0.0549. The van der Waals surface area contributed by atoms with Gasteiger partial charge in [-0.15, -0.1) is 0 Å². The first-order valence-corrected chi connectivity index (χ1v) is 7.67. The fraction of sp³-hybridized carbons (Fsp3) is 0.714. The van der Waals surface area contributed by atoms with Crippen LogP contribution in [0.5, 0.6) is 0 Å². The third-order valence-electron chi connectivity index (χ3n) is 4.16. The molecule has 0 aromatic carbocycles. The second-order valence-corrected chi connectivity index (χ2v) is 5.75. The molecule has 3 heterocycles. The molecule has 2 aliphatic rings. The second kappa shape index (κ2) is 6.93. The highest BCUT2D eigenvalue weighted by Gasteiger charge is 2.43. The maximum atomic E-state index is 12.1. The van der Waals surface area contributed by atoms with Crippen LogP contribution in [0.3, 0.4) is 0 Å². The summed E-state index contributed by atoms with van der Waals surface area (Å²) < 4.78 is 11.9. The van der Waals surface area contributed by atoms with Crippen molar-refractivity contribution >= 4 is 5.82 Å². The zero-order valence-electron chi connectivity index (χ0n) is 12.5. The van der Waals surface area contributed by atoms with Gasteiger partial charge in [0.05, 0.1) is 12.7 Å². The molecule has 0 unspecified atom stereocenters. The van der Waals surface area contributed by atoms with E-state index in [9.17, 15) is 15.0 Å². The normalized spacial score (nSPS) is 34.0. The molecule has 23 heavy (non-hydrogen) atoms. The zero-order valence-corrected chi connectivity index (χ0v) is 12.5. The Morgan fingerprint density at radius 2 is 2.22 bits per heavy atom. The molecule has 5 atom stereocenters. The molecule has 2 saturated heterocycles. The van der Waals surface area contributed by atoms with E-state index in [0.29, 0.717) is 12.4 Å². The molecule has 0 amide bonds. The van der Waals surface area contributed by atoms with Gasteiger partial charge in [0.1, 0.15) is 24.1 Å². The minimum absolute atomic E-state index is 0.125. The number of nitrogens with one attached hydrogen (secondary N) is 1. The first-order valence-electron chi connectivity index (χ1n) is 7.67. The highest BCUT2D eigenvalue weighted by atomic mass is 16.6. The van der Waals surface area contributed by atoms with Crippen LogP contribution in [0.2, 0.25) is 0 Å². The van der Waals surface area contributed by atoms with Crippen LogP contribution >= 0.6 is 0 Å². The Hall–Kier alpha value is -1.52. The summed E-state index contributed by atoms with van der Waals surface area (Å²) in [7, 11) is 0. The lowest BCUT2D eigenvalue weighted by Crippen LogP contribution is -2.36. The maximum Gasteiger partial charge on any atom is 0.351 e. The van der Waals surface area contributed by atoms with Gasteiger partial charge < -0.3 is 30.1 Å². The van der Waals surface area contributed by atoms with Crippen molar-refractivity contribution in [2.75, 3.05) is 25.1 Å². The third kappa shape index (κ3) is 3.38. The topological polar surface area (TPSA) is 126 Å². The molecule has 0 bridgehead atoms. The van der Waals surface area contributed by atoms with Crippen LogP contribution in [0.15, 0.2) is 17.1 Å². The van der Waals surface area contributed by atoms with Gasteiger partial charge in [-0.3, -0.25) is 4.57 Å². The molecule has 9 heteroatoms. The summed E-state index contributed by atoms with van der Waals surface area (Å²) in [5.41, 5.74) is -0.614. The SMILES string of the molecule is O=c1nc(NC[C@@H]2CCCO2)ccn1[C@H]1O[C@@H](CO)[C@@H](O)[C@H]1O. The fourth-order valence-corrected chi connectivity index (χ4v) is 2.84. The first kappa shape index (κ1) is 16.3. The molecule has 2 fully saturated rings.